The van der Waals surface area contributed by atoms with Crippen LogP contribution < -0.4 is 5.32 Å². The third-order valence-electron chi connectivity index (χ3n) is 2.81. The molecule has 1 N–H and O–H groups in total. The first-order valence-electron chi connectivity index (χ1n) is 7.08. The lowest BCUT2D eigenvalue weighted by atomic mass is 10.3. The van der Waals surface area contributed by atoms with Gasteiger partial charge in [0.2, 0.25) is 0 Å². The Hall–Kier alpha value is -1.83. The number of carbonyl (C=O) groups is 1. The van der Waals surface area contributed by atoms with E-state index in [1.807, 2.05) is 25.1 Å². The average Bonchev–Trinajstić information content (AvgIpc) is 3.00. The van der Waals surface area contributed by atoms with Gasteiger partial charge in [-0.1, -0.05) is 6.07 Å². The Labute approximate surface area is 133 Å². The molecule has 2 rings (SSSR count). The summed E-state index contributed by atoms with van der Waals surface area (Å²) in [5.74, 6) is 0.283. The standard InChI is InChI=1S/C15H19N3O3S/c1-3-20-8-9-21-11(2)14(19)17-13-10-22-15(18-13)12-6-4-5-7-16-12/h4-7,10-11H,3,8-9H2,1-2H3,(H,17,19)/t11-/m1/s1. The van der Waals surface area contributed by atoms with Crippen molar-refractivity contribution in [3.05, 3.63) is 29.8 Å². The van der Waals surface area contributed by atoms with Gasteiger partial charge in [0.15, 0.2) is 0 Å². The van der Waals surface area contributed by atoms with Crippen LogP contribution in [-0.2, 0) is 14.3 Å². The fraction of sp³-hybridized carbons (Fsp3) is 0.400. The zero-order chi connectivity index (χ0) is 15.8. The fourth-order valence-electron chi connectivity index (χ4n) is 1.67. The van der Waals surface area contributed by atoms with Gasteiger partial charge in [-0.2, -0.15) is 0 Å². The monoisotopic (exact) mass is 321 g/mol. The fourth-order valence-corrected chi connectivity index (χ4v) is 2.40. The number of nitrogens with one attached hydrogen (secondary N) is 1. The van der Waals surface area contributed by atoms with E-state index in [9.17, 15) is 4.79 Å². The van der Waals surface area contributed by atoms with E-state index in [1.54, 1.807) is 18.5 Å². The lowest BCUT2D eigenvalue weighted by Gasteiger charge is -2.12. The number of amides is 1. The topological polar surface area (TPSA) is 73.3 Å². The molecular formula is C15H19N3O3S. The number of carbonyl (C=O) groups excluding carboxylic acids is 1. The number of pyridine rings is 1. The van der Waals surface area contributed by atoms with Crippen LogP contribution in [-0.4, -0.2) is 41.8 Å². The van der Waals surface area contributed by atoms with E-state index in [4.69, 9.17) is 9.47 Å². The molecule has 0 saturated carbocycles. The van der Waals surface area contributed by atoms with Crippen LogP contribution in [0.5, 0.6) is 0 Å². The number of anilines is 1. The lowest BCUT2D eigenvalue weighted by molar-refractivity contribution is -0.127. The Morgan fingerprint density at radius 1 is 1.41 bits per heavy atom. The molecule has 0 aromatic carbocycles. The number of thiazole rings is 1. The molecule has 22 heavy (non-hydrogen) atoms. The Morgan fingerprint density at radius 2 is 2.27 bits per heavy atom. The quantitative estimate of drug-likeness (QED) is 0.757. The van der Waals surface area contributed by atoms with Gasteiger partial charge in [0, 0.05) is 18.2 Å². The van der Waals surface area contributed by atoms with Crippen LogP contribution in [0.1, 0.15) is 13.8 Å². The molecule has 0 saturated heterocycles. The minimum atomic E-state index is -0.555. The molecule has 7 heteroatoms. The summed E-state index contributed by atoms with van der Waals surface area (Å²) in [5.41, 5.74) is 0.786. The molecule has 0 aliphatic rings. The van der Waals surface area contributed by atoms with E-state index >= 15 is 0 Å². The molecule has 0 spiro atoms. The highest BCUT2D eigenvalue weighted by atomic mass is 32.1. The van der Waals surface area contributed by atoms with Gasteiger partial charge in [0.05, 0.1) is 18.9 Å². The smallest absolute Gasteiger partial charge is 0.254 e. The second kappa shape index (κ2) is 8.57. The van der Waals surface area contributed by atoms with Crippen molar-refractivity contribution in [3.63, 3.8) is 0 Å². The largest absolute Gasteiger partial charge is 0.379 e. The number of nitrogens with zero attached hydrogens (tertiary/aromatic N) is 2. The molecule has 6 nitrogen and oxygen atoms in total. The molecule has 2 aromatic heterocycles. The van der Waals surface area contributed by atoms with Crippen LogP contribution in [0.3, 0.4) is 0 Å². The van der Waals surface area contributed by atoms with E-state index in [0.29, 0.717) is 25.6 Å². The van der Waals surface area contributed by atoms with Crippen molar-refractivity contribution >= 4 is 23.1 Å². The molecule has 0 bridgehead atoms. The number of hydrogen-bond acceptors (Lipinski definition) is 6. The molecule has 0 aliphatic carbocycles. The van der Waals surface area contributed by atoms with Gasteiger partial charge in [-0.15, -0.1) is 11.3 Å². The molecule has 0 aliphatic heterocycles. The van der Waals surface area contributed by atoms with E-state index in [1.165, 1.54) is 11.3 Å². The second-order valence-electron chi connectivity index (χ2n) is 4.45. The van der Waals surface area contributed by atoms with Crippen molar-refractivity contribution in [1.82, 2.24) is 9.97 Å². The van der Waals surface area contributed by atoms with Crippen molar-refractivity contribution in [2.24, 2.45) is 0 Å². The Bertz CT molecular complexity index is 589. The molecule has 2 aromatic rings. The minimum Gasteiger partial charge on any atom is -0.379 e. The summed E-state index contributed by atoms with van der Waals surface area (Å²) in [5, 5.41) is 5.29. The first kappa shape index (κ1) is 16.5. The molecule has 0 unspecified atom stereocenters. The van der Waals surface area contributed by atoms with Gasteiger partial charge in [0.25, 0.3) is 5.91 Å². The van der Waals surface area contributed by atoms with Crippen LogP contribution in [0.2, 0.25) is 0 Å². The Morgan fingerprint density at radius 3 is 3.00 bits per heavy atom. The van der Waals surface area contributed by atoms with Crippen molar-refractivity contribution in [3.8, 4) is 10.7 Å². The third kappa shape index (κ3) is 4.87. The van der Waals surface area contributed by atoms with Crippen LogP contribution in [0.4, 0.5) is 5.82 Å². The summed E-state index contributed by atoms with van der Waals surface area (Å²) in [6.45, 7) is 5.12. The van der Waals surface area contributed by atoms with Crippen molar-refractivity contribution in [1.29, 1.82) is 0 Å². The summed E-state index contributed by atoms with van der Waals surface area (Å²) in [6.07, 6.45) is 1.16. The summed E-state index contributed by atoms with van der Waals surface area (Å²) in [4.78, 5) is 20.6. The van der Waals surface area contributed by atoms with Gasteiger partial charge in [0.1, 0.15) is 16.9 Å². The summed E-state index contributed by atoms with van der Waals surface area (Å²) < 4.78 is 10.6. The van der Waals surface area contributed by atoms with Gasteiger partial charge in [-0.25, -0.2) is 4.98 Å². The van der Waals surface area contributed by atoms with Crippen LogP contribution >= 0.6 is 11.3 Å². The first-order chi connectivity index (χ1) is 10.7. The van der Waals surface area contributed by atoms with Crippen molar-refractivity contribution in [2.75, 3.05) is 25.1 Å². The third-order valence-corrected chi connectivity index (χ3v) is 3.67. The van der Waals surface area contributed by atoms with Crippen LogP contribution in [0.15, 0.2) is 29.8 Å². The van der Waals surface area contributed by atoms with E-state index < -0.39 is 6.10 Å². The van der Waals surface area contributed by atoms with E-state index in [2.05, 4.69) is 15.3 Å². The van der Waals surface area contributed by atoms with Crippen LogP contribution in [0.25, 0.3) is 10.7 Å². The highest BCUT2D eigenvalue weighted by Crippen LogP contribution is 2.23. The molecular weight excluding hydrogens is 302 g/mol. The first-order valence-corrected chi connectivity index (χ1v) is 7.95. The number of rotatable bonds is 8. The Balaban J connectivity index is 1.86. The van der Waals surface area contributed by atoms with Crippen molar-refractivity contribution < 1.29 is 14.3 Å². The highest BCUT2D eigenvalue weighted by Gasteiger charge is 2.15. The van der Waals surface area contributed by atoms with Gasteiger partial charge in [-0.05, 0) is 26.0 Å². The maximum absolute atomic E-state index is 12.0. The molecule has 0 radical (unpaired) electrons. The summed E-state index contributed by atoms with van der Waals surface area (Å²) in [7, 11) is 0. The molecule has 118 valence electrons. The SMILES string of the molecule is CCOCCO[C@H](C)C(=O)Nc1csc(-c2ccccn2)n1. The predicted molar refractivity (Wildman–Crippen MR) is 85.9 cm³/mol. The predicted octanol–water partition coefficient (Wildman–Crippen LogP) is 2.59. The summed E-state index contributed by atoms with van der Waals surface area (Å²) >= 11 is 1.43. The molecule has 1 atom stereocenters. The number of aromatic nitrogens is 2. The van der Waals surface area contributed by atoms with Crippen LogP contribution in [0, 0.1) is 0 Å². The van der Waals surface area contributed by atoms with E-state index in [0.717, 1.165) is 10.7 Å². The van der Waals surface area contributed by atoms with Gasteiger partial charge < -0.3 is 14.8 Å². The minimum absolute atomic E-state index is 0.227. The lowest BCUT2D eigenvalue weighted by Crippen LogP contribution is -2.29. The van der Waals surface area contributed by atoms with Gasteiger partial charge in [-0.3, -0.25) is 9.78 Å². The normalized spacial score (nSPS) is 12.1. The molecule has 2 heterocycles. The number of ether oxygens (including phenoxy) is 2. The second-order valence-corrected chi connectivity index (χ2v) is 5.31. The number of hydrogen-bond donors (Lipinski definition) is 1. The molecule has 1 amide bonds. The maximum Gasteiger partial charge on any atom is 0.254 e. The van der Waals surface area contributed by atoms with Crippen molar-refractivity contribution in [2.45, 2.75) is 20.0 Å². The maximum atomic E-state index is 12.0. The zero-order valence-electron chi connectivity index (χ0n) is 12.6. The highest BCUT2D eigenvalue weighted by molar-refractivity contribution is 7.13. The average molecular weight is 321 g/mol. The molecule has 0 fully saturated rings. The Kier molecular flexibility index (Phi) is 6.45. The van der Waals surface area contributed by atoms with Gasteiger partial charge >= 0.3 is 0 Å². The van der Waals surface area contributed by atoms with E-state index in [-0.39, 0.29) is 5.91 Å². The summed E-state index contributed by atoms with van der Waals surface area (Å²) in [6, 6.07) is 5.63. The zero-order valence-corrected chi connectivity index (χ0v) is 13.4.